The highest BCUT2D eigenvalue weighted by atomic mass is 32.2. The largest absolute Gasteiger partial charge is 0.399 e. The molecule has 0 aliphatic rings. The summed E-state index contributed by atoms with van der Waals surface area (Å²) in [5, 5.41) is 3.62. The molecule has 0 atom stereocenters. The van der Waals surface area contributed by atoms with Crippen LogP contribution in [0.5, 0.6) is 0 Å². The summed E-state index contributed by atoms with van der Waals surface area (Å²) in [5.74, 6) is 0.564. The zero-order valence-corrected chi connectivity index (χ0v) is 12.5. The van der Waals surface area contributed by atoms with Crippen molar-refractivity contribution in [3.8, 4) is 0 Å². The van der Waals surface area contributed by atoms with Crippen LogP contribution in [0.25, 0.3) is 0 Å². The summed E-state index contributed by atoms with van der Waals surface area (Å²) in [6.45, 7) is 1.72. The van der Waals surface area contributed by atoms with Crippen molar-refractivity contribution >= 4 is 33.4 Å². The van der Waals surface area contributed by atoms with Gasteiger partial charge in [-0.25, -0.2) is 8.42 Å². The molecule has 1 heterocycles. The Morgan fingerprint density at radius 2 is 2.05 bits per heavy atom. The molecule has 108 valence electrons. The quantitative estimate of drug-likeness (QED) is 0.626. The van der Waals surface area contributed by atoms with Crippen molar-refractivity contribution in [2.45, 2.75) is 11.8 Å². The number of nitrogen functional groups attached to an aromatic ring is 1. The highest BCUT2D eigenvalue weighted by molar-refractivity contribution is 8.01. The van der Waals surface area contributed by atoms with E-state index in [0.29, 0.717) is 17.1 Å². The average molecular weight is 313 g/mol. The lowest BCUT2D eigenvalue weighted by molar-refractivity contribution is 0.430. The number of nitrogens with zero attached hydrogens (tertiary/aromatic N) is 1. The van der Waals surface area contributed by atoms with Gasteiger partial charge in [0.15, 0.2) is 0 Å². The van der Waals surface area contributed by atoms with E-state index in [1.165, 1.54) is 17.8 Å². The van der Waals surface area contributed by atoms with Crippen LogP contribution in [-0.2, 0) is 10.0 Å². The predicted molar refractivity (Wildman–Crippen MR) is 80.2 cm³/mol. The minimum absolute atomic E-state index is 0.0121. The fraction of sp³-hybridized carbons (Fsp3) is 0.250. The smallest absolute Gasteiger partial charge is 0.238 e. The van der Waals surface area contributed by atoms with Crippen LogP contribution >= 0.6 is 11.8 Å². The Kier molecular flexibility index (Phi) is 4.56. The van der Waals surface area contributed by atoms with E-state index < -0.39 is 10.0 Å². The summed E-state index contributed by atoms with van der Waals surface area (Å²) in [7, 11) is -3.43. The summed E-state index contributed by atoms with van der Waals surface area (Å²) in [4.78, 5) is 0.977. The van der Waals surface area contributed by atoms with Crippen molar-refractivity contribution in [1.29, 1.82) is 0 Å². The average Bonchev–Trinajstić information content (AvgIpc) is 2.76. The summed E-state index contributed by atoms with van der Waals surface area (Å²) in [5.41, 5.74) is 6.89. The van der Waals surface area contributed by atoms with Crippen LogP contribution in [-0.4, -0.2) is 25.1 Å². The molecule has 0 unspecified atom stereocenters. The van der Waals surface area contributed by atoms with Crippen molar-refractivity contribution in [2.75, 3.05) is 22.0 Å². The molecule has 2 aromatic rings. The third-order valence-corrected chi connectivity index (χ3v) is 4.91. The minimum Gasteiger partial charge on any atom is -0.399 e. The van der Waals surface area contributed by atoms with Crippen LogP contribution in [0.2, 0.25) is 0 Å². The Balaban J connectivity index is 1.84. The number of hydrogen-bond donors (Lipinski definition) is 2. The number of nitrogens with two attached hydrogens (primary N) is 1. The third-order valence-electron chi connectivity index (χ3n) is 2.38. The van der Waals surface area contributed by atoms with Crippen molar-refractivity contribution in [3.63, 3.8) is 0 Å². The molecule has 1 aromatic carbocycles. The first-order chi connectivity index (χ1) is 9.44. The Morgan fingerprint density at radius 3 is 2.65 bits per heavy atom. The fourth-order valence-corrected chi connectivity index (χ4v) is 3.73. The number of nitrogens with one attached hydrogen (secondary N) is 1. The molecule has 0 spiro atoms. The topological polar surface area (TPSA) is 98.2 Å². The first-order valence-electron chi connectivity index (χ1n) is 5.87. The molecule has 1 aromatic heterocycles. The monoisotopic (exact) mass is 313 g/mol. The lowest BCUT2D eigenvalue weighted by Crippen LogP contribution is -2.17. The molecular weight excluding hydrogens is 298 g/mol. The maximum Gasteiger partial charge on any atom is 0.238 e. The van der Waals surface area contributed by atoms with E-state index in [1.807, 2.05) is 12.1 Å². The molecule has 0 amide bonds. The number of benzene rings is 1. The summed E-state index contributed by atoms with van der Waals surface area (Å²) in [6.07, 6.45) is 0. The van der Waals surface area contributed by atoms with E-state index >= 15 is 0 Å². The number of rotatable bonds is 6. The summed E-state index contributed by atoms with van der Waals surface area (Å²) >= 11 is 1.45. The molecule has 3 N–H and O–H groups in total. The Morgan fingerprint density at radius 1 is 1.35 bits per heavy atom. The van der Waals surface area contributed by atoms with Gasteiger partial charge in [-0.3, -0.25) is 4.72 Å². The zero-order chi connectivity index (χ0) is 14.6. The molecule has 2 rings (SSSR count). The highest BCUT2D eigenvalue weighted by Crippen LogP contribution is 2.20. The molecule has 0 saturated carbocycles. The highest BCUT2D eigenvalue weighted by Gasteiger charge is 2.13. The number of anilines is 2. The fourth-order valence-electron chi connectivity index (χ4n) is 1.45. The third kappa shape index (κ3) is 4.46. The van der Waals surface area contributed by atoms with Gasteiger partial charge in [0.05, 0.1) is 11.4 Å². The van der Waals surface area contributed by atoms with Crippen molar-refractivity contribution < 1.29 is 12.9 Å². The second-order valence-electron chi connectivity index (χ2n) is 4.17. The van der Waals surface area contributed by atoms with Crippen LogP contribution < -0.4 is 10.5 Å². The van der Waals surface area contributed by atoms with E-state index in [0.717, 1.165) is 4.90 Å². The molecular formula is C12H15N3O3S2. The molecule has 0 aliphatic carbocycles. The number of aromatic nitrogens is 1. The van der Waals surface area contributed by atoms with Gasteiger partial charge in [0.1, 0.15) is 0 Å². The van der Waals surface area contributed by atoms with Gasteiger partial charge < -0.3 is 10.3 Å². The van der Waals surface area contributed by atoms with Crippen LogP contribution in [0.15, 0.2) is 39.8 Å². The maximum absolute atomic E-state index is 11.8. The van der Waals surface area contributed by atoms with Gasteiger partial charge in [-0.15, -0.1) is 11.8 Å². The molecule has 6 nitrogen and oxygen atoms in total. The van der Waals surface area contributed by atoms with Crippen molar-refractivity contribution in [1.82, 2.24) is 5.16 Å². The van der Waals surface area contributed by atoms with Crippen molar-refractivity contribution in [3.05, 3.63) is 36.0 Å². The lowest BCUT2D eigenvalue weighted by Gasteiger charge is -2.05. The molecule has 20 heavy (non-hydrogen) atoms. The summed E-state index contributed by atoms with van der Waals surface area (Å²) in [6, 6.07) is 8.82. The maximum atomic E-state index is 11.8. The number of thioether (sulfide) groups is 1. The van der Waals surface area contributed by atoms with E-state index in [-0.39, 0.29) is 11.6 Å². The van der Waals surface area contributed by atoms with Crippen molar-refractivity contribution in [2.24, 2.45) is 0 Å². The molecule has 0 saturated heterocycles. The first kappa shape index (κ1) is 14.7. The minimum atomic E-state index is -3.43. The standard InChI is InChI=1S/C12H15N3O3S2/c1-9-8-12(18-14-9)15-20(16,17)7-6-19-11-4-2-10(13)3-5-11/h2-5,8,15H,6-7,13H2,1H3. The molecule has 0 radical (unpaired) electrons. The Bertz CT molecular complexity index is 666. The normalized spacial score (nSPS) is 11.4. The van der Waals surface area contributed by atoms with Gasteiger partial charge in [-0.1, -0.05) is 5.16 Å². The van der Waals surface area contributed by atoms with E-state index in [9.17, 15) is 8.42 Å². The molecule has 0 bridgehead atoms. The van der Waals surface area contributed by atoms with Crippen LogP contribution in [0.3, 0.4) is 0 Å². The van der Waals surface area contributed by atoms with E-state index in [4.69, 9.17) is 10.3 Å². The lowest BCUT2D eigenvalue weighted by atomic mass is 10.3. The van der Waals surface area contributed by atoms with Gasteiger partial charge in [-0.2, -0.15) is 0 Å². The number of sulfonamides is 1. The zero-order valence-electron chi connectivity index (χ0n) is 10.9. The predicted octanol–water partition coefficient (Wildman–Crippen LogP) is 2.10. The van der Waals surface area contributed by atoms with Gasteiger partial charge in [-0.05, 0) is 31.2 Å². The second-order valence-corrected chi connectivity index (χ2v) is 7.18. The molecule has 8 heteroatoms. The SMILES string of the molecule is Cc1cc(NS(=O)(=O)CCSc2ccc(N)cc2)on1. The second kappa shape index (κ2) is 6.19. The van der Waals surface area contributed by atoms with Crippen LogP contribution in [0.4, 0.5) is 11.6 Å². The number of hydrogen-bond acceptors (Lipinski definition) is 6. The van der Waals surface area contributed by atoms with Crippen LogP contribution in [0, 0.1) is 6.92 Å². The van der Waals surface area contributed by atoms with E-state index in [2.05, 4.69) is 9.88 Å². The van der Waals surface area contributed by atoms with Crippen LogP contribution in [0.1, 0.15) is 5.69 Å². The van der Waals surface area contributed by atoms with Gasteiger partial charge >= 0.3 is 0 Å². The van der Waals surface area contributed by atoms with Gasteiger partial charge in [0.25, 0.3) is 0 Å². The number of aryl methyl sites for hydroxylation is 1. The summed E-state index contributed by atoms with van der Waals surface area (Å²) < 4.78 is 30.8. The van der Waals surface area contributed by atoms with Gasteiger partial charge in [0, 0.05) is 22.4 Å². The molecule has 0 fully saturated rings. The Labute approximate surface area is 121 Å². The van der Waals surface area contributed by atoms with Gasteiger partial charge in [0.2, 0.25) is 15.9 Å². The first-order valence-corrected chi connectivity index (χ1v) is 8.50. The Hall–Kier alpha value is -1.67. The van der Waals surface area contributed by atoms with E-state index in [1.54, 1.807) is 19.1 Å². The molecule has 0 aliphatic heterocycles.